The van der Waals surface area contributed by atoms with E-state index >= 15 is 0 Å². The lowest BCUT2D eigenvalue weighted by atomic mass is 10.1. The summed E-state index contributed by atoms with van der Waals surface area (Å²) in [5.74, 6) is 0.359. The molecule has 6 heteroatoms. The molecule has 1 heterocycles. The van der Waals surface area contributed by atoms with Gasteiger partial charge in [0.1, 0.15) is 17.2 Å². The molecule has 4 rings (SSSR count). The van der Waals surface area contributed by atoms with Gasteiger partial charge in [0.25, 0.3) is 5.91 Å². The Morgan fingerprint density at radius 1 is 0.966 bits per heavy atom. The van der Waals surface area contributed by atoms with E-state index in [2.05, 4.69) is 10.4 Å². The molecule has 0 saturated heterocycles. The minimum absolute atomic E-state index is 0.00213. The molecule has 0 radical (unpaired) electrons. The number of anilines is 1. The van der Waals surface area contributed by atoms with Crippen LogP contribution in [0.25, 0.3) is 16.9 Å². The molecule has 0 unspecified atom stereocenters. The van der Waals surface area contributed by atoms with Crippen molar-refractivity contribution in [3.8, 4) is 28.4 Å². The number of nitrogens with zero attached hydrogens (tertiary/aromatic N) is 2. The number of amides is 1. The van der Waals surface area contributed by atoms with Crippen LogP contribution in [0.15, 0.2) is 85.1 Å². The highest BCUT2D eigenvalue weighted by atomic mass is 16.5. The first-order valence-electron chi connectivity index (χ1n) is 9.04. The number of methoxy groups -OCH3 is 1. The van der Waals surface area contributed by atoms with Crippen LogP contribution in [0.4, 0.5) is 5.69 Å². The van der Waals surface area contributed by atoms with Crippen molar-refractivity contribution in [2.45, 2.75) is 0 Å². The van der Waals surface area contributed by atoms with Crippen molar-refractivity contribution < 1.29 is 14.6 Å². The first kappa shape index (κ1) is 18.3. The first-order valence-corrected chi connectivity index (χ1v) is 9.04. The summed E-state index contributed by atoms with van der Waals surface area (Å²) in [5, 5.41) is 17.4. The first-order chi connectivity index (χ1) is 14.2. The fraction of sp³-hybridized carbons (Fsp3) is 0.0435. The zero-order valence-electron chi connectivity index (χ0n) is 15.7. The molecular weight excluding hydrogens is 366 g/mol. The second-order valence-electron chi connectivity index (χ2n) is 6.37. The number of hydrogen-bond acceptors (Lipinski definition) is 4. The SMILES string of the molecule is COc1ccc(-c2nn(-c3ccccc3)cc2C(=O)Nc2ccccc2O)cc1. The third-order valence-corrected chi connectivity index (χ3v) is 4.50. The fourth-order valence-electron chi connectivity index (χ4n) is 2.98. The van der Waals surface area contributed by atoms with Gasteiger partial charge in [0.2, 0.25) is 0 Å². The van der Waals surface area contributed by atoms with Crippen LogP contribution in [0.2, 0.25) is 0 Å². The van der Waals surface area contributed by atoms with Gasteiger partial charge in [-0.25, -0.2) is 4.68 Å². The number of ether oxygens (including phenoxy) is 1. The highest BCUT2D eigenvalue weighted by Gasteiger charge is 2.19. The number of carbonyl (C=O) groups is 1. The molecule has 0 atom stereocenters. The number of phenolic OH excluding ortho intramolecular Hbond substituents is 1. The number of hydrogen-bond donors (Lipinski definition) is 2. The standard InChI is InChI=1S/C23H19N3O3/c1-29-18-13-11-16(12-14-18)22-19(15-26(25-22)17-7-3-2-4-8-17)23(28)24-20-9-5-6-10-21(20)27/h2-15,27H,1H3,(H,24,28). The van der Waals surface area contributed by atoms with E-state index in [9.17, 15) is 9.90 Å². The zero-order valence-corrected chi connectivity index (χ0v) is 15.7. The van der Waals surface area contributed by atoms with E-state index in [-0.39, 0.29) is 11.7 Å². The summed E-state index contributed by atoms with van der Waals surface area (Å²) in [5.41, 5.74) is 2.88. The molecule has 144 valence electrons. The third-order valence-electron chi connectivity index (χ3n) is 4.50. The molecule has 0 saturated carbocycles. The van der Waals surface area contributed by atoms with Crippen LogP contribution in [0.1, 0.15) is 10.4 Å². The van der Waals surface area contributed by atoms with E-state index in [1.165, 1.54) is 6.07 Å². The van der Waals surface area contributed by atoms with Crippen LogP contribution in [0.3, 0.4) is 0 Å². The number of aromatic hydroxyl groups is 1. The minimum atomic E-state index is -0.362. The molecule has 0 spiro atoms. The van der Waals surface area contributed by atoms with E-state index < -0.39 is 0 Å². The smallest absolute Gasteiger partial charge is 0.259 e. The van der Waals surface area contributed by atoms with Crippen LogP contribution in [0.5, 0.6) is 11.5 Å². The maximum absolute atomic E-state index is 13.0. The van der Waals surface area contributed by atoms with Crippen LogP contribution in [0, 0.1) is 0 Å². The van der Waals surface area contributed by atoms with Crippen molar-refractivity contribution in [2.75, 3.05) is 12.4 Å². The Morgan fingerprint density at radius 3 is 2.34 bits per heavy atom. The Bertz CT molecular complexity index is 1140. The Balaban J connectivity index is 1.77. The van der Waals surface area contributed by atoms with Crippen LogP contribution >= 0.6 is 0 Å². The van der Waals surface area contributed by atoms with Crippen molar-refractivity contribution >= 4 is 11.6 Å². The Hall–Kier alpha value is -4.06. The molecule has 29 heavy (non-hydrogen) atoms. The van der Waals surface area contributed by atoms with E-state index in [1.807, 2.05) is 54.6 Å². The third kappa shape index (κ3) is 3.82. The van der Waals surface area contributed by atoms with Crippen molar-refractivity contribution in [3.63, 3.8) is 0 Å². The zero-order chi connectivity index (χ0) is 20.2. The highest BCUT2D eigenvalue weighted by Crippen LogP contribution is 2.28. The lowest BCUT2D eigenvalue weighted by Crippen LogP contribution is -2.12. The quantitative estimate of drug-likeness (QED) is 0.496. The van der Waals surface area contributed by atoms with Crippen LogP contribution in [-0.4, -0.2) is 27.9 Å². The summed E-state index contributed by atoms with van der Waals surface area (Å²) in [6.07, 6.45) is 1.68. The molecule has 0 bridgehead atoms. The normalized spacial score (nSPS) is 10.5. The average Bonchev–Trinajstić information content (AvgIpc) is 3.22. The number of nitrogens with one attached hydrogen (secondary N) is 1. The molecule has 6 nitrogen and oxygen atoms in total. The van der Waals surface area contributed by atoms with Crippen molar-refractivity contribution in [2.24, 2.45) is 0 Å². The predicted molar refractivity (Wildman–Crippen MR) is 112 cm³/mol. The average molecular weight is 385 g/mol. The molecule has 4 aromatic rings. The Kier molecular flexibility index (Phi) is 4.99. The highest BCUT2D eigenvalue weighted by molar-refractivity contribution is 6.08. The summed E-state index contributed by atoms with van der Waals surface area (Å²) in [7, 11) is 1.60. The van der Waals surface area contributed by atoms with E-state index in [0.29, 0.717) is 16.9 Å². The van der Waals surface area contributed by atoms with Crippen LogP contribution in [-0.2, 0) is 0 Å². The van der Waals surface area contributed by atoms with Gasteiger partial charge in [-0.3, -0.25) is 4.79 Å². The molecule has 0 aliphatic rings. The summed E-state index contributed by atoms with van der Waals surface area (Å²) in [6.45, 7) is 0. The molecule has 1 amide bonds. The van der Waals surface area contributed by atoms with Gasteiger partial charge < -0.3 is 15.2 Å². The van der Waals surface area contributed by atoms with Gasteiger partial charge in [0, 0.05) is 11.8 Å². The molecule has 0 aliphatic carbocycles. The summed E-state index contributed by atoms with van der Waals surface area (Å²) in [6, 6.07) is 23.5. The van der Waals surface area contributed by atoms with E-state index in [4.69, 9.17) is 4.74 Å². The molecule has 3 aromatic carbocycles. The topological polar surface area (TPSA) is 76.4 Å². The Labute approximate surface area is 168 Å². The second kappa shape index (κ2) is 7.90. The van der Waals surface area contributed by atoms with Gasteiger partial charge in [0.05, 0.1) is 24.0 Å². The molecule has 1 aromatic heterocycles. The number of carbonyl (C=O) groups excluding carboxylic acids is 1. The van der Waals surface area contributed by atoms with Gasteiger partial charge in [-0.1, -0.05) is 30.3 Å². The maximum atomic E-state index is 13.0. The van der Waals surface area contributed by atoms with Gasteiger partial charge in [-0.15, -0.1) is 0 Å². The number of para-hydroxylation sites is 3. The predicted octanol–water partition coefficient (Wildman–Crippen LogP) is 4.51. The number of aromatic nitrogens is 2. The lowest BCUT2D eigenvalue weighted by Gasteiger charge is -2.07. The van der Waals surface area contributed by atoms with Gasteiger partial charge in [-0.2, -0.15) is 5.10 Å². The van der Waals surface area contributed by atoms with Gasteiger partial charge in [-0.05, 0) is 48.5 Å². The molecular formula is C23H19N3O3. The summed E-state index contributed by atoms with van der Waals surface area (Å²) < 4.78 is 6.88. The Morgan fingerprint density at radius 2 is 1.66 bits per heavy atom. The molecule has 0 aliphatic heterocycles. The monoisotopic (exact) mass is 385 g/mol. The number of phenols is 1. The second-order valence-corrected chi connectivity index (χ2v) is 6.37. The summed E-state index contributed by atoms with van der Waals surface area (Å²) >= 11 is 0. The lowest BCUT2D eigenvalue weighted by molar-refractivity contribution is 0.102. The van der Waals surface area contributed by atoms with Crippen molar-refractivity contribution in [1.82, 2.24) is 9.78 Å². The molecule has 0 fully saturated rings. The van der Waals surface area contributed by atoms with E-state index in [0.717, 1.165) is 17.0 Å². The number of benzene rings is 3. The fourth-order valence-corrected chi connectivity index (χ4v) is 2.98. The van der Waals surface area contributed by atoms with Crippen LogP contribution < -0.4 is 10.1 Å². The van der Waals surface area contributed by atoms with Crippen molar-refractivity contribution in [1.29, 1.82) is 0 Å². The number of rotatable bonds is 5. The molecule has 2 N–H and O–H groups in total. The minimum Gasteiger partial charge on any atom is -0.506 e. The summed E-state index contributed by atoms with van der Waals surface area (Å²) in [4.78, 5) is 13.0. The van der Waals surface area contributed by atoms with Gasteiger partial charge >= 0.3 is 0 Å². The van der Waals surface area contributed by atoms with Gasteiger partial charge in [0.15, 0.2) is 0 Å². The van der Waals surface area contributed by atoms with Crippen molar-refractivity contribution in [3.05, 3.63) is 90.6 Å². The largest absolute Gasteiger partial charge is 0.506 e. The maximum Gasteiger partial charge on any atom is 0.259 e. The van der Waals surface area contributed by atoms with E-state index in [1.54, 1.807) is 36.2 Å².